The number of ether oxygens (including phenoxy) is 1. The van der Waals surface area contributed by atoms with Gasteiger partial charge in [0.15, 0.2) is 5.65 Å². The quantitative estimate of drug-likeness (QED) is 0.426. The summed E-state index contributed by atoms with van der Waals surface area (Å²) in [4.78, 5) is 20.1. The highest BCUT2D eigenvalue weighted by molar-refractivity contribution is 14.1. The minimum Gasteiger partial charge on any atom is -0.444 e. The molecule has 0 aliphatic heterocycles. The molecule has 1 fully saturated rings. The molecule has 0 bridgehead atoms. The summed E-state index contributed by atoms with van der Waals surface area (Å²) in [6, 6.07) is 0.760. The zero-order chi connectivity index (χ0) is 20.3. The number of alkyl carbamates (subject to hydrolysis) is 1. The highest BCUT2D eigenvalue weighted by Gasteiger charge is 2.26. The summed E-state index contributed by atoms with van der Waals surface area (Å²) in [5.74, 6) is 0.480. The molecule has 1 aliphatic rings. The molecule has 2 aromatic heterocycles. The number of hydrogen-bond acceptors (Lipinski definition) is 7. The first-order valence-corrected chi connectivity index (χ1v) is 10.7. The third kappa shape index (κ3) is 5.22. The van der Waals surface area contributed by atoms with Gasteiger partial charge >= 0.3 is 6.09 Å². The van der Waals surface area contributed by atoms with E-state index in [0.29, 0.717) is 24.4 Å². The number of halogens is 1. The fourth-order valence-corrected chi connectivity index (χ4v) is 4.24. The topological polar surface area (TPSA) is 120 Å². The molecule has 28 heavy (non-hydrogen) atoms. The number of nitrogens with two attached hydrogens (primary N) is 1. The molecule has 154 valence electrons. The second-order valence-corrected chi connectivity index (χ2v) is 9.10. The summed E-state index contributed by atoms with van der Waals surface area (Å²) >= 11 is 2.19. The van der Waals surface area contributed by atoms with E-state index in [1.54, 1.807) is 0 Å². The number of nitrogen functional groups attached to an aromatic ring is 1. The van der Waals surface area contributed by atoms with Gasteiger partial charge in [0.25, 0.3) is 0 Å². The number of hydrogen-bond donors (Lipinski definition) is 3. The number of anilines is 1. The maximum absolute atomic E-state index is 11.7. The van der Waals surface area contributed by atoms with E-state index in [1.807, 2.05) is 25.5 Å². The van der Waals surface area contributed by atoms with Crippen molar-refractivity contribution in [3.63, 3.8) is 0 Å². The Bertz CT molecular complexity index is 825. The molecule has 0 unspecified atom stereocenters. The normalized spacial score (nSPS) is 20.3. The molecule has 0 atom stereocenters. The van der Waals surface area contributed by atoms with Crippen LogP contribution in [0.4, 0.5) is 10.6 Å². The summed E-state index contributed by atoms with van der Waals surface area (Å²) in [5, 5.41) is 11.8. The lowest BCUT2D eigenvalue weighted by Gasteiger charge is -2.29. The summed E-state index contributed by atoms with van der Waals surface area (Å²) < 4.78 is 8.09. The SMILES string of the molecule is CC(C)(C)OC(=O)NCCNC1CCC(n2nc(I)c3c(N)ncnc32)CC1. The Kier molecular flexibility index (Phi) is 6.58. The molecule has 4 N–H and O–H groups in total. The van der Waals surface area contributed by atoms with Crippen LogP contribution < -0.4 is 16.4 Å². The van der Waals surface area contributed by atoms with Crippen LogP contribution in [0.15, 0.2) is 6.33 Å². The summed E-state index contributed by atoms with van der Waals surface area (Å²) in [6.45, 7) is 6.84. The van der Waals surface area contributed by atoms with Crippen molar-refractivity contribution >= 4 is 45.5 Å². The van der Waals surface area contributed by atoms with Gasteiger partial charge < -0.3 is 21.1 Å². The molecule has 1 amide bonds. The number of fused-ring (bicyclic) bond motifs is 1. The van der Waals surface area contributed by atoms with Gasteiger partial charge in [-0.3, -0.25) is 0 Å². The number of rotatable bonds is 5. The van der Waals surface area contributed by atoms with Gasteiger partial charge in [-0.25, -0.2) is 19.4 Å². The molecular formula is C18H28IN7O2. The zero-order valence-corrected chi connectivity index (χ0v) is 18.7. The predicted molar refractivity (Wildman–Crippen MR) is 116 cm³/mol. The van der Waals surface area contributed by atoms with Gasteiger partial charge in [-0.05, 0) is 69.0 Å². The minimum atomic E-state index is -0.472. The molecule has 1 saturated carbocycles. The Morgan fingerprint density at radius 1 is 1.29 bits per heavy atom. The second-order valence-electron chi connectivity index (χ2n) is 8.08. The van der Waals surface area contributed by atoms with E-state index in [2.05, 4.69) is 48.3 Å². The van der Waals surface area contributed by atoms with Crippen LogP contribution in [0.3, 0.4) is 0 Å². The first kappa shape index (κ1) is 21.0. The average molecular weight is 501 g/mol. The van der Waals surface area contributed by atoms with Crippen molar-refractivity contribution in [1.82, 2.24) is 30.4 Å². The Morgan fingerprint density at radius 2 is 2.00 bits per heavy atom. The van der Waals surface area contributed by atoms with Crippen LogP contribution >= 0.6 is 22.6 Å². The smallest absolute Gasteiger partial charge is 0.407 e. The first-order valence-electron chi connectivity index (χ1n) is 9.59. The van der Waals surface area contributed by atoms with Crippen molar-refractivity contribution < 1.29 is 9.53 Å². The highest BCUT2D eigenvalue weighted by atomic mass is 127. The fraction of sp³-hybridized carbons (Fsp3) is 0.667. The molecule has 0 aromatic carbocycles. The summed E-state index contributed by atoms with van der Waals surface area (Å²) in [5.41, 5.74) is 6.33. The molecule has 10 heteroatoms. The molecule has 2 heterocycles. The Labute approximate surface area is 178 Å². The van der Waals surface area contributed by atoms with Gasteiger partial charge in [0, 0.05) is 19.1 Å². The van der Waals surface area contributed by atoms with Gasteiger partial charge in [-0.2, -0.15) is 5.10 Å². The number of aromatic nitrogens is 4. The van der Waals surface area contributed by atoms with Gasteiger partial charge in [0.1, 0.15) is 21.4 Å². The number of nitrogens with zero attached hydrogens (tertiary/aromatic N) is 4. The minimum absolute atomic E-state index is 0.318. The van der Waals surface area contributed by atoms with Crippen LogP contribution in [-0.2, 0) is 4.74 Å². The fourth-order valence-electron chi connectivity index (χ4n) is 3.49. The van der Waals surface area contributed by atoms with Crippen LogP contribution in [0.25, 0.3) is 11.0 Å². The van der Waals surface area contributed by atoms with Crippen LogP contribution in [0.2, 0.25) is 0 Å². The molecule has 3 rings (SSSR count). The first-order chi connectivity index (χ1) is 13.2. The van der Waals surface area contributed by atoms with Crippen molar-refractivity contribution in [2.75, 3.05) is 18.8 Å². The van der Waals surface area contributed by atoms with E-state index in [-0.39, 0.29) is 6.09 Å². The van der Waals surface area contributed by atoms with Crippen LogP contribution in [-0.4, -0.2) is 50.6 Å². The number of amides is 1. The van der Waals surface area contributed by atoms with Crippen LogP contribution in [0.1, 0.15) is 52.5 Å². The van der Waals surface area contributed by atoms with E-state index >= 15 is 0 Å². The molecular weight excluding hydrogens is 473 g/mol. The second kappa shape index (κ2) is 8.76. The predicted octanol–water partition coefficient (Wildman–Crippen LogP) is 2.61. The zero-order valence-electron chi connectivity index (χ0n) is 16.5. The highest BCUT2D eigenvalue weighted by Crippen LogP contribution is 2.32. The van der Waals surface area contributed by atoms with Gasteiger partial charge in [0.2, 0.25) is 0 Å². The Balaban J connectivity index is 1.46. The molecule has 0 radical (unpaired) electrons. The van der Waals surface area contributed by atoms with Crippen molar-refractivity contribution in [3.05, 3.63) is 10.0 Å². The number of nitrogens with one attached hydrogen (secondary N) is 2. The Morgan fingerprint density at radius 3 is 2.68 bits per heavy atom. The molecule has 9 nitrogen and oxygen atoms in total. The standard InChI is InChI=1S/C18H28IN7O2/c1-18(2,3)28-17(27)22-9-8-21-11-4-6-12(7-5-11)26-16-13(14(19)25-26)15(20)23-10-24-16/h10-12,21H,4-9H2,1-3H3,(H,22,27)(H2,20,23,24). The Hall–Kier alpha value is -1.69. The largest absolute Gasteiger partial charge is 0.444 e. The maximum Gasteiger partial charge on any atom is 0.407 e. The molecule has 0 spiro atoms. The monoisotopic (exact) mass is 501 g/mol. The van der Waals surface area contributed by atoms with Crippen molar-refractivity contribution in [2.45, 2.75) is 64.1 Å². The summed E-state index contributed by atoms with van der Waals surface area (Å²) in [6.07, 6.45) is 5.27. The van der Waals surface area contributed by atoms with E-state index < -0.39 is 5.60 Å². The van der Waals surface area contributed by atoms with Crippen molar-refractivity contribution in [1.29, 1.82) is 0 Å². The van der Waals surface area contributed by atoms with E-state index in [0.717, 1.165) is 47.0 Å². The van der Waals surface area contributed by atoms with Crippen LogP contribution in [0.5, 0.6) is 0 Å². The van der Waals surface area contributed by atoms with E-state index in [4.69, 9.17) is 10.5 Å². The van der Waals surface area contributed by atoms with Crippen LogP contribution in [0, 0.1) is 3.70 Å². The lowest BCUT2D eigenvalue weighted by molar-refractivity contribution is 0.0527. The lowest BCUT2D eigenvalue weighted by atomic mass is 9.91. The lowest BCUT2D eigenvalue weighted by Crippen LogP contribution is -2.40. The van der Waals surface area contributed by atoms with E-state index in [9.17, 15) is 4.79 Å². The number of carbonyl (C=O) groups is 1. The van der Waals surface area contributed by atoms with E-state index in [1.165, 1.54) is 6.33 Å². The molecule has 1 aliphatic carbocycles. The summed E-state index contributed by atoms with van der Waals surface area (Å²) in [7, 11) is 0. The third-order valence-corrected chi connectivity index (χ3v) is 5.50. The van der Waals surface area contributed by atoms with Gasteiger partial charge in [-0.1, -0.05) is 0 Å². The maximum atomic E-state index is 11.7. The molecule has 0 saturated heterocycles. The average Bonchev–Trinajstić information content (AvgIpc) is 2.96. The van der Waals surface area contributed by atoms with Crippen molar-refractivity contribution in [2.24, 2.45) is 0 Å². The van der Waals surface area contributed by atoms with Crippen molar-refractivity contribution in [3.8, 4) is 0 Å². The molecule has 2 aromatic rings. The number of carbonyl (C=O) groups excluding carboxylic acids is 1. The van der Waals surface area contributed by atoms with Gasteiger partial charge in [-0.15, -0.1) is 0 Å². The third-order valence-electron chi connectivity index (χ3n) is 4.74. The van der Waals surface area contributed by atoms with Gasteiger partial charge in [0.05, 0.1) is 11.4 Å².